The van der Waals surface area contributed by atoms with E-state index in [2.05, 4.69) is 21.6 Å². The van der Waals surface area contributed by atoms with Crippen LogP contribution in [0, 0.1) is 12.7 Å². The third-order valence-corrected chi connectivity index (χ3v) is 6.56. The van der Waals surface area contributed by atoms with E-state index < -0.39 is 0 Å². The highest BCUT2D eigenvalue weighted by Gasteiger charge is 2.18. The first-order valence-electron chi connectivity index (χ1n) is 11.4. The van der Waals surface area contributed by atoms with E-state index in [4.69, 9.17) is 4.42 Å². The Morgan fingerprint density at radius 3 is 2.58 bits per heavy atom. The lowest BCUT2D eigenvalue weighted by Crippen LogP contribution is -2.22. The van der Waals surface area contributed by atoms with Crippen LogP contribution in [0.5, 0.6) is 0 Å². The van der Waals surface area contributed by atoms with Crippen LogP contribution in [0.4, 0.5) is 4.39 Å². The molecule has 2 heterocycles. The summed E-state index contributed by atoms with van der Waals surface area (Å²) < 4.78 is 20.7. The van der Waals surface area contributed by atoms with Crippen molar-refractivity contribution in [3.63, 3.8) is 0 Å². The second-order valence-electron chi connectivity index (χ2n) is 8.26. The van der Waals surface area contributed by atoms with Crippen molar-refractivity contribution in [2.75, 3.05) is 0 Å². The molecule has 2 aromatic heterocycles. The molecule has 1 amide bonds. The molecular formula is C28H23FN4O2S. The van der Waals surface area contributed by atoms with E-state index >= 15 is 0 Å². The molecular weight excluding hydrogens is 475 g/mol. The van der Waals surface area contributed by atoms with Gasteiger partial charge in [-0.1, -0.05) is 48.2 Å². The predicted molar refractivity (Wildman–Crippen MR) is 137 cm³/mol. The molecule has 0 atom stereocenters. The van der Waals surface area contributed by atoms with Gasteiger partial charge < -0.3 is 9.73 Å². The maximum absolute atomic E-state index is 13.1. The summed E-state index contributed by atoms with van der Waals surface area (Å²) in [5, 5.41) is 12.4. The maximum Gasteiger partial charge on any atom is 0.251 e. The molecule has 0 saturated carbocycles. The van der Waals surface area contributed by atoms with Gasteiger partial charge in [-0.05, 0) is 72.1 Å². The first kappa shape index (κ1) is 23.6. The van der Waals surface area contributed by atoms with Gasteiger partial charge in [0.05, 0.1) is 12.0 Å². The largest absolute Gasteiger partial charge is 0.461 e. The topological polar surface area (TPSA) is 73.0 Å². The minimum Gasteiger partial charge on any atom is -0.461 e. The summed E-state index contributed by atoms with van der Waals surface area (Å²) in [6.45, 7) is 2.37. The fourth-order valence-electron chi connectivity index (χ4n) is 3.77. The molecule has 0 spiro atoms. The SMILES string of the molecule is Cc1cccc(-n2c(SCc3cccc(C(=O)NCc4ccc(F)cc4)c3)nnc2-c2ccco2)c1. The number of hydrogen-bond acceptors (Lipinski definition) is 5. The molecule has 6 nitrogen and oxygen atoms in total. The molecule has 0 aliphatic heterocycles. The summed E-state index contributed by atoms with van der Waals surface area (Å²) >= 11 is 1.53. The second kappa shape index (κ2) is 10.6. The Morgan fingerprint density at radius 2 is 1.81 bits per heavy atom. The van der Waals surface area contributed by atoms with E-state index in [9.17, 15) is 9.18 Å². The number of carbonyl (C=O) groups is 1. The molecule has 36 heavy (non-hydrogen) atoms. The van der Waals surface area contributed by atoms with Crippen molar-refractivity contribution in [2.45, 2.75) is 24.4 Å². The van der Waals surface area contributed by atoms with E-state index in [0.717, 1.165) is 27.5 Å². The Kier molecular flexibility index (Phi) is 6.95. The van der Waals surface area contributed by atoms with Crippen molar-refractivity contribution in [1.82, 2.24) is 20.1 Å². The molecule has 0 fully saturated rings. The highest BCUT2D eigenvalue weighted by molar-refractivity contribution is 7.98. The fraction of sp³-hybridized carbons (Fsp3) is 0.107. The van der Waals surface area contributed by atoms with Gasteiger partial charge in [0.15, 0.2) is 10.9 Å². The molecule has 5 rings (SSSR count). The third kappa shape index (κ3) is 5.39. The summed E-state index contributed by atoms with van der Waals surface area (Å²) in [4.78, 5) is 12.7. The van der Waals surface area contributed by atoms with E-state index in [-0.39, 0.29) is 11.7 Å². The van der Waals surface area contributed by atoms with Gasteiger partial charge in [0.25, 0.3) is 5.91 Å². The van der Waals surface area contributed by atoms with E-state index in [1.54, 1.807) is 24.5 Å². The fourth-order valence-corrected chi connectivity index (χ4v) is 4.66. The Morgan fingerprint density at radius 1 is 0.972 bits per heavy atom. The summed E-state index contributed by atoms with van der Waals surface area (Å²) in [6, 6.07) is 25.4. The summed E-state index contributed by atoms with van der Waals surface area (Å²) in [5.41, 5.74) is 4.45. The number of benzene rings is 3. The first-order chi connectivity index (χ1) is 17.6. The Balaban J connectivity index is 1.32. The smallest absolute Gasteiger partial charge is 0.251 e. The number of furan rings is 1. The second-order valence-corrected chi connectivity index (χ2v) is 9.20. The van der Waals surface area contributed by atoms with Gasteiger partial charge in [0, 0.05) is 17.9 Å². The van der Waals surface area contributed by atoms with E-state index in [1.807, 2.05) is 60.0 Å². The lowest BCUT2D eigenvalue weighted by Gasteiger charge is -2.10. The number of aryl methyl sites for hydroxylation is 1. The zero-order valence-corrected chi connectivity index (χ0v) is 20.3. The minimum absolute atomic E-state index is 0.186. The van der Waals surface area contributed by atoms with Crippen LogP contribution >= 0.6 is 11.8 Å². The average molecular weight is 499 g/mol. The molecule has 0 unspecified atom stereocenters. The van der Waals surface area contributed by atoms with Crippen molar-refractivity contribution < 1.29 is 13.6 Å². The van der Waals surface area contributed by atoms with Gasteiger partial charge in [0.2, 0.25) is 5.82 Å². The number of nitrogens with zero attached hydrogens (tertiary/aromatic N) is 3. The van der Waals surface area contributed by atoms with Gasteiger partial charge in [0.1, 0.15) is 5.82 Å². The Hall–Kier alpha value is -4.17. The first-order valence-corrected chi connectivity index (χ1v) is 12.4. The van der Waals surface area contributed by atoms with Gasteiger partial charge >= 0.3 is 0 Å². The lowest BCUT2D eigenvalue weighted by atomic mass is 10.1. The van der Waals surface area contributed by atoms with E-state index in [0.29, 0.717) is 29.4 Å². The molecule has 0 saturated heterocycles. The summed E-state index contributed by atoms with van der Waals surface area (Å²) in [7, 11) is 0. The van der Waals surface area contributed by atoms with Gasteiger partial charge in [-0.25, -0.2) is 4.39 Å². The monoisotopic (exact) mass is 498 g/mol. The zero-order chi connectivity index (χ0) is 24.9. The van der Waals surface area contributed by atoms with Crippen LogP contribution in [-0.2, 0) is 12.3 Å². The van der Waals surface area contributed by atoms with Crippen molar-refractivity contribution in [3.8, 4) is 17.3 Å². The van der Waals surface area contributed by atoms with Crippen molar-refractivity contribution in [3.05, 3.63) is 119 Å². The molecule has 8 heteroatoms. The van der Waals surface area contributed by atoms with Crippen molar-refractivity contribution in [1.29, 1.82) is 0 Å². The zero-order valence-electron chi connectivity index (χ0n) is 19.5. The van der Waals surface area contributed by atoms with Crippen LogP contribution in [-0.4, -0.2) is 20.7 Å². The normalized spacial score (nSPS) is 10.9. The summed E-state index contributed by atoms with van der Waals surface area (Å²) in [6.07, 6.45) is 1.62. The number of carbonyl (C=O) groups excluding carboxylic acids is 1. The molecule has 0 bridgehead atoms. The molecule has 1 N–H and O–H groups in total. The quantitative estimate of drug-likeness (QED) is 0.258. The molecule has 5 aromatic rings. The van der Waals surface area contributed by atoms with Crippen LogP contribution < -0.4 is 5.32 Å². The molecule has 0 aliphatic rings. The molecule has 3 aromatic carbocycles. The standard InChI is InChI=1S/C28H23FN4O2S/c1-19-5-2-8-24(15-19)33-26(25-9-4-14-35-25)31-32-28(33)36-18-21-6-3-7-22(16-21)27(34)30-17-20-10-12-23(29)13-11-20/h2-16H,17-18H2,1H3,(H,30,34). The third-order valence-electron chi connectivity index (χ3n) is 5.56. The highest BCUT2D eigenvalue weighted by Crippen LogP contribution is 2.30. The van der Waals surface area contributed by atoms with Gasteiger partial charge in [-0.15, -0.1) is 10.2 Å². The number of nitrogens with one attached hydrogen (secondary N) is 1. The van der Waals surface area contributed by atoms with Crippen molar-refractivity contribution >= 4 is 17.7 Å². The van der Waals surface area contributed by atoms with Crippen LogP contribution in [0.3, 0.4) is 0 Å². The number of amides is 1. The van der Waals surface area contributed by atoms with Crippen molar-refractivity contribution in [2.24, 2.45) is 0 Å². The summed E-state index contributed by atoms with van der Waals surface area (Å²) in [5.74, 6) is 1.37. The number of aromatic nitrogens is 3. The number of rotatable bonds is 8. The molecule has 0 radical (unpaired) electrons. The van der Waals surface area contributed by atoms with Gasteiger partial charge in [-0.2, -0.15) is 0 Å². The molecule has 0 aliphatic carbocycles. The predicted octanol–water partition coefficient (Wildman–Crippen LogP) is 6.20. The van der Waals surface area contributed by atoms with Gasteiger partial charge in [-0.3, -0.25) is 9.36 Å². The minimum atomic E-state index is -0.301. The Labute approximate surface area is 212 Å². The van der Waals surface area contributed by atoms with E-state index in [1.165, 1.54) is 23.9 Å². The van der Waals surface area contributed by atoms with Crippen LogP contribution in [0.1, 0.15) is 27.0 Å². The number of hydrogen-bond donors (Lipinski definition) is 1. The average Bonchev–Trinajstić information content (AvgIpc) is 3.57. The highest BCUT2D eigenvalue weighted by atomic mass is 32.2. The van der Waals surface area contributed by atoms with Crippen LogP contribution in [0.15, 0.2) is 101 Å². The lowest BCUT2D eigenvalue weighted by molar-refractivity contribution is 0.0951. The number of thioether (sulfide) groups is 1. The molecule has 180 valence electrons. The van der Waals surface area contributed by atoms with Crippen LogP contribution in [0.2, 0.25) is 0 Å². The maximum atomic E-state index is 13.1. The Bertz CT molecular complexity index is 1480. The number of halogens is 1. The van der Waals surface area contributed by atoms with Crippen LogP contribution in [0.25, 0.3) is 17.3 Å².